The molecule has 28 heavy (non-hydrogen) atoms. The molecule has 0 aliphatic heterocycles. The lowest BCUT2D eigenvalue weighted by Crippen LogP contribution is -2.48. The Bertz CT molecular complexity index is 736. The Labute approximate surface area is 165 Å². The molecular formula is C22H28N2O4. The molecule has 150 valence electrons. The largest absolute Gasteiger partial charge is 0.481 e. The van der Waals surface area contributed by atoms with Crippen molar-refractivity contribution in [3.05, 3.63) is 29.8 Å². The number of amides is 2. The van der Waals surface area contributed by atoms with Crippen LogP contribution in [-0.2, 0) is 20.8 Å². The van der Waals surface area contributed by atoms with Crippen molar-refractivity contribution in [3.8, 4) is 0 Å². The van der Waals surface area contributed by atoms with Gasteiger partial charge < -0.3 is 15.7 Å². The Kier molecular flexibility index (Phi) is 5.13. The van der Waals surface area contributed by atoms with Gasteiger partial charge in [0.2, 0.25) is 11.8 Å². The van der Waals surface area contributed by atoms with E-state index in [2.05, 4.69) is 10.6 Å². The molecule has 2 amide bonds. The van der Waals surface area contributed by atoms with E-state index >= 15 is 0 Å². The van der Waals surface area contributed by atoms with Crippen LogP contribution in [0.2, 0.25) is 0 Å². The molecule has 4 saturated carbocycles. The van der Waals surface area contributed by atoms with Crippen molar-refractivity contribution in [2.24, 2.45) is 23.2 Å². The summed E-state index contributed by atoms with van der Waals surface area (Å²) in [5.41, 5.74) is 1.44. The van der Waals surface area contributed by atoms with Crippen LogP contribution in [0.25, 0.3) is 0 Å². The van der Waals surface area contributed by atoms with Crippen molar-refractivity contribution in [2.75, 3.05) is 11.9 Å². The zero-order valence-electron chi connectivity index (χ0n) is 16.1. The summed E-state index contributed by atoms with van der Waals surface area (Å²) in [7, 11) is 0. The van der Waals surface area contributed by atoms with Gasteiger partial charge in [-0.05, 0) is 79.4 Å². The number of rotatable bonds is 7. The van der Waals surface area contributed by atoms with Gasteiger partial charge in [0.15, 0.2) is 0 Å². The third-order valence-corrected chi connectivity index (χ3v) is 6.74. The van der Waals surface area contributed by atoms with Crippen LogP contribution < -0.4 is 10.6 Å². The van der Waals surface area contributed by atoms with Gasteiger partial charge in [0, 0.05) is 12.1 Å². The lowest BCUT2D eigenvalue weighted by molar-refractivity contribution is -0.136. The second kappa shape index (κ2) is 7.57. The molecule has 0 saturated heterocycles. The number of hydrogen-bond donors (Lipinski definition) is 3. The van der Waals surface area contributed by atoms with E-state index in [0.29, 0.717) is 17.7 Å². The molecule has 4 aliphatic rings. The van der Waals surface area contributed by atoms with Gasteiger partial charge in [-0.2, -0.15) is 0 Å². The van der Waals surface area contributed by atoms with Gasteiger partial charge in [-0.15, -0.1) is 0 Å². The van der Waals surface area contributed by atoms with Crippen molar-refractivity contribution < 1.29 is 19.5 Å². The fourth-order valence-electron chi connectivity index (χ4n) is 6.17. The second-order valence-electron chi connectivity index (χ2n) is 9.19. The maximum absolute atomic E-state index is 12.5. The van der Waals surface area contributed by atoms with Gasteiger partial charge in [0.05, 0.1) is 13.0 Å². The third-order valence-electron chi connectivity index (χ3n) is 6.74. The van der Waals surface area contributed by atoms with E-state index in [-0.39, 0.29) is 30.2 Å². The van der Waals surface area contributed by atoms with Gasteiger partial charge in [-0.25, -0.2) is 0 Å². The highest BCUT2D eigenvalue weighted by Crippen LogP contribution is 2.61. The van der Waals surface area contributed by atoms with Gasteiger partial charge in [0.1, 0.15) is 0 Å². The summed E-state index contributed by atoms with van der Waals surface area (Å²) in [4.78, 5) is 35.3. The molecule has 1 aromatic carbocycles. The van der Waals surface area contributed by atoms with Gasteiger partial charge >= 0.3 is 5.97 Å². The molecule has 6 nitrogen and oxygen atoms in total. The molecule has 0 spiro atoms. The topological polar surface area (TPSA) is 95.5 Å². The van der Waals surface area contributed by atoms with Crippen molar-refractivity contribution in [1.29, 1.82) is 0 Å². The Hall–Kier alpha value is -2.37. The number of carbonyl (C=O) groups is 3. The van der Waals surface area contributed by atoms with E-state index in [4.69, 9.17) is 5.11 Å². The van der Waals surface area contributed by atoms with Crippen molar-refractivity contribution in [2.45, 2.75) is 51.4 Å². The summed E-state index contributed by atoms with van der Waals surface area (Å²) in [6.45, 7) is -0.0396. The first-order valence-corrected chi connectivity index (χ1v) is 10.3. The first kappa shape index (κ1) is 19.0. The second-order valence-corrected chi connectivity index (χ2v) is 9.19. The number of carboxylic acid groups (broad SMARTS) is 1. The van der Waals surface area contributed by atoms with Crippen LogP contribution in [0.4, 0.5) is 5.69 Å². The normalized spacial score (nSPS) is 30.1. The molecule has 5 rings (SSSR count). The maximum Gasteiger partial charge on any atom is 0.307 e. The van der Waals surface area contributed by atoms with Crippen molar-refractivity contribution >= 4 is 23.5 Å². The standard InChI is InChI=1S/C22H28N2O4/c25-19(12-22-9-15-5-16(10-22)7-17(6-15)11-22)23-13-20(26)24-18-3-1-14(2-4-18)8-21(27)28/h1-4,15-17H,5-13H2,(H,23,25)(H,24,26)(H,27,28). The lowest BCUT2D eigenvalue weighted by atomic mass is 9.49. The van der Waals surface area contributed by atoms with E-state index in [9.17, 15) is 14.4 Å². The zero-order valence-corrected chi connectivity index (χ0v) is 16.1. The molecule has 0 atom stereocenters. The Morgan fingerprint density at radius 2 is 1.50 bits per heavy atom. The number of anilines is 1. The molecule has 4 fully saturated rings. The van der Waals surface area contributed by atoms with E-state index in [1.54, 1.807) is 24.3 Å². The summed E-state index contributed by atoms with van der Waals surface area (Å²) < 4.78 is 0. The Balaban J connectivity index is 1.23. The van der Waals surface area contributed by atoms with Crippen LogP contribution in [0.3, 0.4) is 0 Å². The summed E-state index contributed by atoms with van der Waals surface area (Å²) in [6, 6.07) is 6.70. The summed E-state index contributed by atoms with van der Waals surface area (Å²) in [5.74, 6) is 1.25. The Morgan fingerprint density at radius 1 is 0.929 bits per heavy atom. The highest BCUT2D eigenvalue weighted by atomic mass is 16.4. The van der Waals surface area contributed by atoms with Gasteiger partial charge in [0.25, 0.3) is 0 Å². The third kappa shape index (κ3) is 4.37. The van der Waals surface area contributed by atoms with Crippen LogP contribution >= 0.6 is 0 Å². The summed E-state index contributed by atoms with van der Waals surface area (Å²) in [6.07, 6.45) is 8.11. The van der Waals surface area contributed by atoms with Crippen LogP contribution in [-0.4, -0.2) is 29.4 Å². The molecule has 0 heterocycles. The zero-order chi connectivity index (χ0) is 19.7. The number of aliphatic carboxylic acids is 1. The number of carbonyl (C=O) groups excluding carboxylic acids is 2. The summed E-state index contributed by atoms with van der Waals surface area (Å²) in [5, 5.41) is 14.3. The minimum Gasteiger partial charge on any atom is -0.481 e. The molecule has 6 heteroatoms. The van der Waals surface area contributed by atoms with E-state index in [0.717, 1.165) is 17.8 Å². The van der Waals surface area contributed by atoms with Crippen molar-refractivity contribution in [1.82, 2.24) is 5.32 Å². The number of benzene rings is 1. The van der Waals surface area contributed by atoms with E-state index < -0.39 is 5.97 Å². The van der Waals surface area contributed by atoms with Crippen LogP contribution in [0.5, 0.6) is 0 Å². The average molecular weight is 384 g/mol. The van der Waals surface area contributed by atoms with Crippen LogP contribution in [0.1, 0.15) is 50.5 Å². The van der Waals surface area contributed by atoms with E-state index in [1.165, 1.54) is 38.5 Å². The quantitative estimate of drug-likeness (QED) is 0.673. The lowest BCUT2D eigenvalue weighted by Gasteiger charge is -2.56. The molecule has 0 aromatic heterocycles. The molecule has 3 N–H and O–H groups in total. The summed E-state index contributed by atoms with van der Waals surface area (Å²) >= 11 is 0. The highest BCUT2D eigenvalue weighted by Gasteiger charge is 2.51. The predicted molar refractivity (Wildman–Crippen MR) is 105 cm³/mol. The fraction of sp³-hybridized carbons (Fsp3) is 0.591. The fourth-order valence-corrected chi connectivity index (χ4v) is 6.17. The van der Waals surface area contributed by atoms with Crippen LogP contribution in [0.15, 0.2) is 24.3 Å². The predicted octanol–water partition coefficient (Wildman–Crippen LogP) is 2.97. The maximum atomic E-state index is 12.5. The van der Waals surface area contributed by atoms with Crippen LogP contribution in [0, 0.1) is 23.2 Å². The van der Waals surface area contributed by atoms with Gasteiger partial charge in [-0.3, -0.25) is 14.4 Å². The minimum atomic E-state index is -0.890. The average Bonchev–Trinajstić information content (AvgIpc) is 2.60. The smallest absolute Gasteiger partial charge is 0.307 e. The number of hydrogen-bond acceptors (Lipinski definition) is 3. The molecule has 4 aliphatic carbocycles. The minimum absolute atomic E-state index is 0.0195. The molecule has 0 radical (unpaired) electrons. The van der Waals surface area contributed by atoms with Crippen molar-refractivity contribution in [3.63, 3.8) is 0 Å². The SMILES string of the molecule is O=C(O)Cc1ccc(NC(=O)CNC(=O)CC23CC4CC(CC(C4)C2)C3)cc1. The number of nitrogens with one attached hydrogen (secondary N) is 2. The molecule has 4 bridgehead atoms. The highest BCUT2D eigenvalue weighted by molar-refractivity contribution is 5.94. The Morgan fingerprint density at radius 3 is 2.04 bits per heavy atom. The number of carboxylic acids is 1. The first-order valence-electron chi connectivity index (χ1n) is 10.3. The van der Waals surface area contributed by atoms with E-state index in [1.807, 2.05) is 0 Å². The monoisotopic (exact) mass is 384 g/mol. The first-order chi connectivity index (χ1) is 13.4. The van der Waals surface area contributed by atoms with Gasteiger partial charge in [-0.1, -0.05) is 12.1 Å². The molecule has 0 unspecified atom stereocenters. The molecular weight excluding hydrogens is 356 g/mol. The molecule has 1 aromatic rings.